The van der Waals surface area contributed by atoms with E-state index in [0.717, 1.165) is 11.4 Å². The molecule has 4 rings (SSSR count). The average molecular weight is 441 g/mol. The van der Waals surface area contributed by atoms with Crippen molar-refractivity contribution < 1.29 is 19.1 Å². The third-order valence-corrected chi connectivity index (χ3v) is 6.31. The Hall–Kier alpha value is -2.87. The molecule has 0 radical (unpaired) electrons. The maximum Gasteiger partial charge on any atom is 0.224 e. The first-order valence-corrected chi connectivity index (χ1v) is 11.4. The van der Waals surface area contributed by atoms with Gasteiger partial charge in [-0.05, 0) is 25.1 Å². The molecular weight excluding hydrogens is 408 g/mol. The number of amides is 2. The van der Waals surface area contributed by atoms with Gasteiger partial charge < -0.3 is 19.3 Å². The van der Waals surface area contributed by atoms with E-state index in [9.17, 15) is 9.59 Å². The summed E-state index contributed by atoms with van der Waals surface area (Å²) >= 11 is 0. The van der Waals surface area contributed by atoms with Crippen LogP contribution in [0.2, 0.25) is 0 Å². The van der Waals surface area contributed by atoms with Gasteiger partial charge in [0.2, 0.25) is 11.8 Å². The van der Waals surface area contributed by atoms with Gasteiger partial charge in [-0.1, -0.05) is 18.2 Å². The Morgan fingerprint density at radius 2 is 1.84 bits per heavy atom. The lowest BCUT2D eigenvalue weighted by Crippen LogP contribution is -2.50. The first-order valence-electron chi connectivity index (χ1n) is 11.4. The summed E-state index contributed by atoms with van der Waals surface area (Å²) in [5.74, 6) is 0.966. The molecule has 0 saturated carbocycles. The molecule has 1 aromatic heterocycles. The quantitative estimate of drug-likeness (QED) is 0.659. The minimum Gasteiger partial charge on any atom is -0.490 e. The van der Waals surface area contributed by atoms with Crippen LogP contribution in [-0.2, 0) is 20.9 Å². The Bertz CT molecular complexity index is 894. The number of rotatable bonds is 7. The van der Waals surface area contributed by atoms with E-state index < -0.39 is 0 Å². The number of aromatic nitrogens is 2. The van der Waals surface area contributed by atoms with E-state index in [2.05, 4.69) is 5.10 Å². The van der Waals surface area contributed by atoms with Crippen molar-refractivity contribution in [1.82, 2.24) is 19.6 Å². The Kier molecular flexibility index (Phi) is 7.42. The number of nitrogens with zero attached hydrogens (tertiary/aromatic N) is 4. The van der Waals surface area contributed by atoms with E-state index in [1.807, 2.05) is 57.8 Å². The van der Waals surface area contributed by atoms with Crippen LogP contribution in [0, 0.1) is 12.8 Å². The molecule has 8 nitrogen and oxygen atoms in total. The zero-order valence-electron chi connectivity index (χ0n) is 18.7. The lowest BCUT2D eigenvalue weighted by molar-refractivity contribution is -0.141. The standard InChI is InChI=1S/C24H32N4O4/c1-19-7-10-25-28(19)12-9-23(29)27-11-8-22(32-21-5-3-2-4-6-21)20(18-27)17-24(30)26-13-15-31-16-14-26/h2-7,10,20,22H,8-9,11-18H2,1H3/t20-,22-/m0/s1. The van der Waals surface area contributed by atoms with Crippen LogP contribution in [0.4, 0.5) is 0 Å². The molecule has 2 fully saturated rings. The lowest BCUT2D eigenvalue weighted by atomic mass is 9.90. The molecule has 0 aliphatic carbocycles. The summed E-state index contributed by atoms with van der Waals surface area (Å²) in [4.78, 5) is 29.6. The zero-order valence-corrected chi connectivity index (χ0v) is 18.7. The van der Waals surface area contributed by atoms with Crippen LogP contribution in [0.5, 0.6) is 5.75 Å². The third-order valence-electron chi connectivity index (χ3n) is 6.31. The highest BCUT2D eigenvalue weighted by Crippen LogP contribution is 2.27. The summed E-state index contributed by atoms with van der Waals surface area (Å²) in [6.45, 7) is 6.13. The second-order valence-corrected chi connectivity index (χ2v) is 8.50. The van der Waals surface area contributed by atoms with Gasteiger partial charge >= 0.3 is 0 Å². The summed E-state index contributed by atoms with van der Waals surface area (Å²) in [5, 5.41) is 4.26. The zero-order chi connectivity index (χ0) is 22.3. The number of aryl methyl sites for hydroxylation is 2. The molecule has 0 N–H and O–H groups in total. The average Bonchev–Trinajstić information content (AvgIpc) is 3.24. The van der Waals surface area contributed by atoms with Crippen molar-refractivity contribution in [1.29, 1.82) is 0 Å². The van der Waals surface area contributed by atoms with Crippen molar-refractivity contribution in [2.45, 2.75) is 38.8 Å². The Labute approximate surface area is 189 Å². The summed E-state index contributed by atoms with van der Waals surface area (Å²) in [6, 6.07) is 11.6. The second kappa shape index (κ2) is 10.6. The van der Waals surface area contributed by atoms with Crippen molar-refractivity contribution in [2.24, 2.45) is 5.92 Å². The number of carbonyl (C=O) groups excluding carboxylic acids is 2. The van der Waals surface area contributed by atoms with Gasteiger partial charge in [-0.3, -0.25) is 14.3 Å². The summed E-state index contributed by atoms with van der Waals surface area (Å²) in [5.41, 5.74) is 1.04. The topological polar surface area (TPSA) is 76.9 Å². The number of ether oxygens (including phenoxy) is 2. The van der Waals surface area contributed by atoms with Gasteiger partial charge in [-0.15, -0.1) is 0 Å². The summed E-state index contributed by atoms with van der Waals surface area (Å²) in [6.07, 6.45) is 3.14. The number of benzene rings is 1. The molecule has 2 aromatic rings. The van der Waals surface area contributed by atoms with E-state index in [1.165, 1.54) is 0 Å². The Morgan fingerprint density at radius 1 is 1.06 bits per heavy atom. The molecule has 8 heteroatoms. The largest absolute Gasteiger partial charge is 0.490 e. The predicted molar refractivity (Wildman–Crippen MR) is 119 cm³/mol. The Balaban J connectivity index is 1.40. The maximum absolute atomic E-state index is 13.0. The number of hydrogen-bond acceptors (Lipinski definition) is 5. The highest BCUT2D eigenvalue weighted by molar-refractivity contribution is 5.78. The van der Waals surface area contributed by atoms with Gasteiger partial charge in [0.05, 0.1) is 13.2 Å². The highest BCUT2D eigenvalue weighted by Gasteiger charge is 2.35. The van der Waals surface area contributed by atoms with Crippen LogP contribution >= 0.6 is 0 Å². The van der Waals surface area contributed by atoms with Crippen molar-refractivity contribution in [3.8, 4) is 5.75 Å². The highest BCUT2D eigenvalue weighted by atomic mass is 16.5. The number of likely N-dealkylation sites (tertiary alicyclic amines) is 1. The number of para-hydroxylation sites is 1. The molecule has 0 spiro atoms. The van der Waals surface area contributed by atoms with Crippen molar-refractivity contribution in [2.75, 3.05) is 39.4 Å². The fraction of sp³-hybridized carbons (Fsp3) is 0.542. The number of hydrogen-bond donors (Lipinski definition) is 0. The molecule has 0 unspecified atom stereocenters. The smallest absolute Gasteiger partial charge is 0.224 e. The van der Waals surface area contributed by atoms with Crippen LogP contribution in [-0.4, -0.2) is 76.9 Å². The molecular formula is C24H32N4O4. The molecule has 2 saturated heterocycles. The van der Waals surface area contributed by atoms with Crippen LogP contribution in [0.15, 0.2) is 42.6 Å². The molecule has 2 amide bonds. The van der Waals surface area contributed by atoms with Crippen molar-refractivity contribution in [3.63, 3.8) is 0 Å². The van der Waals surface area contributed by atoms with Crippen LogP contribution in [0.25, 0.3) is 0 Å². The maximum atomic E-state index is 13.0. The van der Waals surface area contributed by atoms with E-state index in [4.69, 9.17) is 9.47 Å². The van der Waals surface area contributed by atoms with Gasteiger partial charge in [0.15, 0.2) is 0 Å². The predicted octanol–water partition coefficient (Wildman–Crippen LogP) is 2.13. The molecule has 32 heavy (non-hydrogen) atoms. The van der Waals surface area contributed by atoms with Gasteiger partial charge in [-0.25, -0.2) is 0 Å². The summed E-state index contributed by atoms with van der Waals surface area (Å²) < 4.78 is 13.5. The van der Waals surface area contributed by atoms with E-state index >= 15 is 0 Å². The fourth-order valence-corrected chi connectivity index (χ4v) is 4.42. The molecule has 2 aliphatic heterocycles. The van der Waals surface area contributed by atoms with Gasteiger partial charge in [-0.2, -0.15) is 5.10 Å². The fourth-order valence-electron chi connectivity index (χ4n) is 4.42. The van der Waals surface area contributed by atoms with Crippen molar-refractivity contribution in [3.05, 3.63) is 48.3 Å². The monoisotopic (exact) mass is 440 g/mol. The molecule has 1 aromatic carbocycles. The van der Waals surface area contributed by atoms with Gasteiger partial charge in [0.1, 0.15) is 11.9 Å². The normalized spacial score (nSPS) is 21.4. The van der Waals surface area contributed by atoms with E-state index in [-0.39, 0.29) is 23.8 Å². The van der Waals surface area contributed by atoms with Crippen LogP contribution in [0.1, 0.15) is 25.0 Å². The first-order chi connectivity index (χ1) is 15.6. The molecule has 3 heterocycles. The first kappa shape index (κ1) is 22.3. The minimum atomic E-state index is -0.0974. The van der Waals surface area contributed by atoms with E-state index in [1.54, 1.807) is 6.20 Å². The number of morpholine rings is 1. The van der Waals surface area contributed by atoms with Gasteiger partial charge in [0.25, 0.3) is 0 Å². The molecule has 0 bridgehead atoms. The minimum absolute atomic E-state index is 0.0466. The molecule has 172 valence electrons. The molecule has 2 atom stereocenters. The second-order valence-electron chi connectivity index (χ2n) is 8.50. The van der Waals surface area contributed by atoms with E-state index in [0.29, 0.717) is 65.2 Å². The lowest BCUT2D eigenvalue weighted by Gasteiger charge is -2.39. The SMILES string of the molecule is Cc1ccnn1CCC(=O)N1CC[C@H](Oc2ccccc2)[C@@H](CC(=O)N2CCOCC2)C1. The Morgan fingerprint density at radius 3 is 2.56 bits per heavy atom. The molecule has 2 aliphatic rings. The number of carbonyl (C=O) groups is 2. The van der Waals surface area contributed by atoms with Crippen LogP contribution in [0.3, 0.4) is 0 Å². The third kappa shape index (κ3) is 5.68. The summed E-state index contributed by atoms with van der Waals surface area (Å²) in [7, 11) is 0. The van der Waals surface area contributed by atoms with Crippen LogP contribution < -0.4 is 4.74 Å². The van der Waals surface area contributed by atoms with Gasteiger partial charge in [0, 0.05) is 69.8 Å². The number of piperidine rings is 1. The van der Waals surface area contributed by atoms with Crippen molar-refractivity contribution >= 4 is 11.8 Å².